The molecular weight excluding hydrogens is 467 g/mol. The summed E-state index contributed by atoms with van der Waals surface area (Å²) in [6, 6.07) is 21.6. The van der Waals surface area contributed by atoms with Gasteiger partial charge in [-0.2, -0.15) is 18.4 Å². The molecule has 0 saturated carbocycles. The fraction of sp³-hybridized carbons (Fsp3) is 0.0400. The van der Waals surface area contributed by atoms with E-state index in [0.717, 1.165) is 17.5 Å². The summed E-state index contributed by atoms with van der Waals surface area (Å²) < 4.78 is 45.1. The molecule has 0 fully saturated rings. The van der Waals surface area contributed by atoms with E-state index in [4.69, 9.17) is 21.6 Å². The number of nitriles is 1. The molecular formula is C25H15ClF3N3O2. The van der Waals surface area contributed by atoms with Crippen LogP contribution in [0.5, 0.6) is 11.5 Å². The van der Waals surface area contributed by atoms with Gasteiger partial charge in [0.15, 0.2) is 0 Å². The van der Waals surface area contributed by atoms with Crippen LogP contribution in [-0.4, -0.2) is 6.03 Å². The molecule has 4 aromatic carbocycles. The molecule has 0 saturated heterocycles. The number of nitrogens with zero attached hydrogens (tertiary/aromatic N) is 1. The van der Waals surface area contributed by atoms with Crippen LogP contribution in [0, 0.1) is 11.3 Å². The number of alkyl halides is 3. The van der Waals surface area contributed by atoms with Gasteiger partial charge in [-0.15, -0.1) is 0 Å². The van der Waals surface area contributed by atoms with E-state index in [2.05, 4.69) is 10.6 Å². The van der Waals surface area contributed by atoms with Gasteiger partial charge in [-0.05, 0) is 66.0 Å². The second-order valence-electron chi connectivity index (χ2n) is 7.20. The van der Waals surface area contributed by atoms with Crippen molar-refractivity contribution in [2.75, 3.05) is 10.6 Å². The van der Waals surface area contributed by atoms with Crippen LogP contribution in [0.25, 0.3) is 10.8 Å². The van der Waals surface area contributed by atoms with Gasteiger partial charge in [0.2, 0.25) is 0 Å². The van der Waals surface area contributed by atoms with E-state index < -0.39 is 22.8 Å². The van der Waals surface area contributed by atoms with Gasteiger partial charge in [-0.25, -0.2) is 4.79 Å². The van der Waals surface area contributed by atoms with Gasteiger partial charge in [0, 0.05) is 11.1 Å². The number of fused-ring (bicyclic) bond motifs is 1. The van der Waals surface area contributed by atoms with E-state index in [9.17, 15) is 18.0 Å². The predicted octanol–water partition coefficient (Wildman–Crippen LogP) is 7.82. The van der Waals surface area contributed by atoms with Crippen LogP contribution in [0.1, 0.15) is 11.1 Å². The van der Waals surface area contributed by atoms with Crippen LogP contribution in [0.2, 0.25) is 5.02 Å². The zero-order chi connectivity index (χ0) is 24.3. The van der Waals surface area contributed by atoms with Crippen molar-refractivity contribution in [3.8, 4) is 17.6 Å². The number of amides is 2. The van der Waals surface area contributed by atoms with Gasteiger partial charge in [0.05, 0.1) is 27.9 Å². The number of halogens is 4. The highest BCUT2D eigenvalue weighted by atomic mass is 35.5. The number of anilines is 2. The highest BCUT2D eigenvalue weighted by molar-refractivity contribution is 6.31. The molecule has 170 valence electrons. The Hall–Kier alpha value is -4.22. The highest BCUT2D eigenvalue weighted by Gasteiger charge is 2.33. The van der Waals surface area contributed by atoms with Crippen molar-refractivity contribution < 1.29 is 22.7 Å². The summed E-state index contributed by atoms with van der Waals surface area (Å²) in [5.41, 5.74) is -0.155. The molecule has 9 heteroatoms. The maximum absolute atomic E-state index is 13.1. The fourth-order valence-corrected chi connectivity index (χ4v) is 3.49. The molecule has 0 aliphatic rings. The summed E-state index contributed by atoms with van der Waals surface area (Å²) >= 11 is 5.63. The number of hydrogen-bond acceptors (Lipinski definition) is 3. The third kappa shape index (κ3) is 5.22. The second-order valence-corrected chi connectivity index (χ2v) is 7.61. The molecule has 0 atom stereocenters. The molecule has 2 amide bonds. The lowest BCUT2D eigenvalue weighted by atomic mass is 10.1. The molecule has 0 aliphatic carbocycles. The van der Waals surface area contributed by atoms with E-state index in [1.807, 2.05) is 18.2 Å². The van der Waals surface area contributed by atoms with Crippen LogP contribution in [0.4, 0.5) is 29.3 Å². The van der Waals surface area contributed by atoms with Crippen molar-refractivity contribution in [3.05, 3.63) is 95.0 Å². The first-order valence-electron chi connectivity index (χ1n) is 9.88. The topological polar surface area (TPSA) is 74.1 Å². The van der Waals surface area contributed by atoms with Crippen LogP contribution >= 0.6 is 11.6 Å². The average Bonchev–Trinajstić information content (AvgIpc) is 2.80. The number of benzene rings is 4. The summed E-state index contributed by atoms with van der Waals surface area (Å²) in [6.45, 7) is 0. The lowest BCUT2D eigenvalue weighted by Crippen LogP contribution is -2.20. The van der Waals surface area contributed by atoms with Crippen LogP contribution < -0.4 is 15.4 Å². The maximum atomic E-state index is 13.1. The summed E-state index contributed by atoms with van der Waals surface area (Å²) in [6.07, 6.45) is -4.65. The summed E-state index contributed by atoms with van der Waals surface area (Å²) in [4.78, 5) is 12.5. The number of carbonyl (C=O) groups excluding carboxylic acids is 1. The van der Waals surface area contributed by atoms with E-state index >= 15 is 0 Å². The normalized spacial score (nSPS) is 11.0. The van der Waals surface area contributed by atoms with Gasteiger partial charge in [0.1, 0.15) is 11.5 Å². The average molecular weight is 482 g/mol. The monoisotopic (exact) mass is 481 g/mol. The van der Waals surface area contributed by atoms with E-state index in [1.54, 1.807) is 48.5 Å². The minimum absolute atomic E-state index is 0.0562. The molecule has 0 spiro atoms. The third-order valence-corrected chi connectivity index (χ3v) is 5.18. The minimum Gasteiger partial charge on any atom is -0.457 e. The quantitative estimate of drug-likeness (QED) is 0.312. The number of rotatable bonds is 4. The molecule has 0 heterocycles. The first-order valence-corrected chi connectivity index (χ1v) is 10.3. The molecule has 0 radical (unpaired) electrons. The van der Waals surface area contributed by atoms with Crippen molar-refractivity contribution in [1.29, 1.82) is 5.26 Å². The Bertz CT molecular complexity index is 1410. The first kappa shape index (κ1) is 23.0. The molecule has 0 aromatic heterocycles. The Kier molecular flexibility index (Phi) is 6.30. The smallest absolute Gasteiger partial charge is 0.417 e. The Balaban J connectivity index is 1.55. The molecule has 4 aromatic rings. The number of nitrogens with one attached hydrogen (secondary N) is 2. The molecule has 4 rings (SSSR count). The van der Waals surface area contributed by atoms with E-state index in [0.29, 0.717) is 28.1 Å². The third-order valence-electron chi connectivity index (χ3n) is 4.85. The number of urea groups is 1. The minimum atomic E-state index is -4.65. The van der Waals surface area contributed by atoms with Crippen LogP contribution in [0.3, 0.4) is 0 Å². The number of hydrogen-bond donors (Lipinski definition) is 2. The molecule has 0 bridgehead atoms. The summed E-state index contributed by atoms with van der Waals surface area (Å²) in [5.74, 6) is 1.03. The second kappa shape index (κ2) is 9.33. The Morgan fingerprint density at radius 1 is 0.912 bits per heavy atom. The van der Waals surface area contributed by atoms with Crippen molar-refractivity contribution in [1.82, 2.24) is 0 Å². The zero-order valence-electron chi connectivity index (χ0n) is 17.3. The van der Waals surface area contributed by atoms with Gasteiger partial charge in [-0.1, -0.05) is 29.8 Å². The molecule has 0 unspecified atom stereocenters. The molecule has 5 nitrogen and oxygen atoms in total. The van der Waals surface area contributed by atoms with Crippen molar-refractivity contribution in [2.24, 2.45) is 0 Å². The summed E-state index contributed by atoms with van der Waals surface area (Å²) in [5, 5.41) is 15.0. The maximum Gasteiger partial charge on any atom is 0.417 e. The molecule has 34 heavy (non-hydrogen) atoms. The van der Waals surface area contributed by atoms with E-state index in [-0.39, 0.29) is 5.69 Å². The van der Waals surface area contributed by atoms with Gasteiger partial charge >= 0.3 is 12.2 Å². The molecule has 2 N–H and O–H groups in total. The Labute approximate surface area is 197 Å². The van der Waals surface area contributed by atoms with Crippen molar-refractivity contribution >= 4 is 39.8 Å². The van der Waals surface area contributed by atoms with Gasteiger partial charge in [0.25, 0.3) is 0 Å². The first-order chi connectivity index (χ1) is 16.2. The van der Waals surface area contributed by atoms with E-state index in [1.165, 1.54) is 6.07 Å². The standard InChI is InChI=1S/C25H15ClF3N3O2/c26-22-11-7-17(12-21(22)25(27,28)29)31-24(33)32-23-3-1-2-16-6-10-19(13-20(16)23)34-18-8-4-15(14-30)5-9-18/h1-13H,(H2,31,32,33). The largest absolute Gasteiger partial charge is 0.457 e. The highest BCUT2D eigenvalue weighted by Crippen LogP contribution is 2.36. The van der Waals surface area contributed by atoms with Gasteiger partial charge in [-0.3, -0.25) is 0 Å². The van der Waals surface area contributed by atoms with Crippen molar-refractivity contribution in [2.45, 2.75) is 6.18 Å². The fourth-order valence-electron chi connectivity index (χ4n) is 3.26. The van der Waals surface area contributed by atoms with Crippen molar-refractivity contribution in [3.63, 3.8) is 0 Å². The lowest BCUT2D eigenvalue weighted by Gasteiger charge is -2.14. The van der Waals surface area contributed by atoms with Crippen LogP contribution in [-0.2, 0) is 6.18 Å². The number of carbonyl (C=O) groups is 1. The lowest BCUT2D eigenvalue weighted by molar-refractivity contribution is -0.137. The predicted molar refractivity (Wildman–Crippen MR) is 124 cm³/mol. The Morgan fingerprint density at radius 3 is 2.35 bits per heavy atom. The van der Waals surface area contributed by atoms with Gasteiger partial charge < -0.3 is 15.4 Å². The SMILES string of the molecule is N#Cc1ccc(Oc2ccc3cccc(NC(=O)Nc4ccc(Cl)c(C(F)(F)F)c4)c3c2)cc1. The van der Waals surface area contributed by atoms with Crippen LogP contribution in [0.15, 0.2) is 78.9 Å². The number of ether oxygens (including phenoxy) is 1. The zero-order valence-corrected chi connectivity index (χ0v) is 18.0. The molecule has 0 aliphatic heterocycles. The Morgan fingerprint density at radius 2 is 1.65 bits per heavy atom. The summed E-state index contributed by atoms with van der Waals surface area (Å²) in [7, 11) is 0.